The van der Waals surface area contributed by atoms with E-state index in [4.69, 9.17) is 0 Å². The molecule has 1 aliphatic heterocycles. The summed E-state index contributed by atoms with van der Waals surface area (Å²) in [6, 6.07) is 10.2. The van der Waals surface area contributed by atoms with Gasteiger partial charge in [-0.1, -0.05) is 42.5 Å². The van der Waals surface area contributed by atoms with Gasteiger partial charge in [0.2, 0.25) is 5.91 Å². The van der Waals surface area contributed by atoms with Gasteiger partial charge >= 0.3 is 0 Å². The molecule has 0 atom stereocenters. The van der Waals surface area contributed by atoms with Crippen molar-refractivity contribution in [3.63, 3.8) is 0 Å². The molecule has 0 unspecified atom stereocenters. The highest BCUT2D eigenvalue weighted by Gasteiger charge is 2.10. The summed E-state index contributed by atoms with van der Waals surface area (Å²) >= 11 is 0. The monoisotopic (exact) mass is 272 g/mol. The largest absolute Gasteiger partial charge is 0.355 e. The van der Waals surface area contributed by atoms with E-state index in [1.54, 1.807) is 0 Å². The van der Waals surface area contributed by atoms with Crippen molar-refractivity contribution < 1.29 is 4.79 Å². The van der Waals surface area contributed by atoms with Crippen LogP contribution in [0, 0.1) is 0 Å². The zero-order valence-corrected chi connectivity index (χ0v) is 12.1. The second-order valence-electron chi connectivity index (χ2n) is 5.25. The van der Waals surface area contributed by atoms with E-state index in [1.807, 2.05) is 18.2 Å². The number of carbonyl (C=O) groups is 1. The van der Waals surface area contributed by atoms with Crippen molar-refractivity contribution in [1.29, 1.82) is 0 Å². The fraction of sp³-hybridized carbons (Fsp3) is 0.471. The molecule has 1 heterocycles. The number of rotatable bonds is 7. The Labute approximate surface area is 121 Å². The maximum absolute atomic E-state index is 11.7. The smallest absolute Gasteiger partial charge is 0.220 e. The molecule has 3 nitrogen and oxygen atoms in total. The van der Waals surface area contributed by atoms with Crippen molar-refractivity contribution in [2.75, 3.05) is 26.2 Å². The van der Waals surface area contributed by atoms with Crippen LogP contribution in [0.3, 0.4) is 0 Å². The highest BCUT2D eigenvalue weighted by atomic mass is 16.1. The van der Waals surface area contributed by atoms with Crippen LogP contribution in [-0.2, 0) is 4.79 Å². The maximum atomic E-state index is 11.7. The number of amides is 1. The molecule has 2 rings (SSSR count). The molecule has 20 heavy (non-hydrogen) atoms. The molecule has 0 aromatic heterocycles. The summed E-state index contributed by atoms with van der Waals surface area (Å²) in [7, 11) is 0. The van der Waals surface area contributed by atoms with Crippen LogP contribution in [0.5, 0.6) is 0 Å². The number of benzene rings is 1. The van der Waals surface area contributed by atoms with E-state index >= 15 is 0 Å². The normalized spacial score (nSPS) is 15.8. The van der Waals surface area contributed by atoms with E-state index in [0.29, 0.717) is 6.42 Å². The fourth-order valence-electron chi connectivity index (χ4n) is 2.45. The highest BCUT2D eigenvalue weighted by Crippen LogP contribution is 2.05. The second kappa shape index (κ2) is 8.54. The van der Waals surface area contributed by atoms with E-state index in [9.17, 15) is 4.79 Å². The zero-order valence-electron chi connectivity index (χ0n) is 12.1. The van der Waals surface area contributed by atoms with Crippen molar-refractivity contribution in [3.8, 4) is 0 Å². The predicted octanol–water partition coefficient (Wildman–Crippen LogP) is 2.69. The molecule has 0 spiro atoms. The first-order valence-electron chi connectivity index (χ1n) is 7.55. The molecule has 1 aliphatic rings. The average molecular weight is 272 g/mol. The SMILES string of the molecule is O=C(CC/C=C/c1ccccc1)NCCN1CCCC1. The number of carbonyl (C=O) groups excluding carboxylic acids is 1. The number of allylic oxidation sites excluding steroid dienone is 1. The second-order valence-corrected chi connectivity index (χ2v) is 5.25. The number of hydrogen-bond donors (Lipinski definition) is 1. The van der Waals surface area contributed by atoms with Crippen molar-refractivity contribution in [3.05, 3.63) is 42.0 Å². The van der Waals surface area contributed by atoms with E-state index < -0.39 is 0 Å². The zero-order chi connectivity index (χ0) is 14.0. The minimum Gasteiger partial charge on any atom is -0.355 e. The molecule has 3 heteroatoms. The molecule has 0 bridgehead atoms. The van der Waals surface area contributed by atoms with Crippen molar-refractivity contribution in [2.45, 2.75) is 25.7 Å². The van der Waals surface area contributed by atoms with Crippen LogP contribution in [0.25, 0.3) is 6.08 Å². The summed E-state index contributed by atoms with van der Waals surface area (Å²) in [5, 5.41) is 2.99. The number of nitrogens with one attached hydrogen (secondary N) is 1. The molecule has 108 valence electrons. The van der Waals surface area contributed by atoms with Crippen LogP contribution in [0.2, 0.25) is 0 Å². The number of likely N-dealkylation sites (tertiary alicyclic amines) is 1. The van der Waals surface area contributed by atoms with Crippen LogP contribution < -0.4 is 5.32 Å². The van der Waals surface area contributed by atoms with Gasteiger partial charge < -0.3 is 10.2 Å². The van der Waals surface area contributed by atoms with Gasteiger partial charge in [-0.15, -0.1) is 0 Å². The molecule has 1 fully saturated rings. The lowest BCUT2D eigenvalue weighted by molar-refractivity contribution is -0.121. The van der Waals surface area contributed by atoms with Gasteiger partial charge in [-0.25, -0.2) is 0 Å². The van der Waals surface area contributed by atoms with Gasteiger partial charge in [-0.2, -0.15) is 0 Å². The summed E-state index contributed by atoms with van der Waals surface area (Å²) < 4.78 is 0. The van der Waals surface area contributed by atoms with Gasteiger partial charge in [0.15, 0.2) is 0 Å². The summed E-state index contributed by atoms with van der Waals surface area (Å²) in [6.07, 6.45) is 8.11. The molecule has 1 aromatic rings. The van der Waals surface area contributed by atoms with Gasteiger partial charge in [-0.05, 0) is 37.9 Å². The first-order valence-corrected chi connectivity index (χ1v) is 7.55. The number of hydrogen-bond acceptors (Lipinski definition) is 2. The lowest BCUT2D eigenvalue weighted by Gasteiger charge is -2.14. The molecular weight excluding hydrogens is 248 g/mol. The van der Waals surface area contributed by atoms with Gasteiger partial charge in [0, 0.05) is 19.5 Å². The van der Waals surface area contributed by atoms with Crippen molar-refractivity contribution >= 4 is 12.0 Å². The number of nitrogens with zero attached hydrogens (tertiary/aromatic N) is 1. The Kier molecular flexibility index (Phi) is 6.32. The Bertz CT molecular complexity index is 422. The summed E-state index contributed by atoms with van der Waals surface area (Å²) in [5.41, 5.74) is 1.18. The Hall–Kier alpha value is -1.61. The quantitative estimate of drug-likeness (QED) is 0.827. The van der Waals surface area contributed by atoms with Crippen molar-refractivity contribution in [1.82, 2.24) is 10.2 Å². The van der Waals surface area contributed by atoms with E-state index in [1.165, 1.54) is 31.5 Å². The lowest BCUT2D eigenvalue weighted by atomic mass is 10.2. The van der Waals surface area contributed by atoms with Crippen LogP contribution >= 0.6 is 0 Å². The van der Waals surface area contributed by atoms with Gasteiger partial charge in [-0.3, -0.25) is 4.79 Å². The molecule has 0 saturated carbocycles. The minimum atomic E-state index is 0.155. The molecule has 1 saturated heterocycles. The van der Waals surface area contributed by atoms with Crippen LogP contribution in [0.4, 0.5) is 0 Å². The van der Waals surface area contributed by atoms with Crippen LogP contribution in [0.15, 0.2) is 36.4 Å². The third-order valence-electron chi connectivity index (χ3n) is 3.60. The third kappa shape index (κ3) is 5.57. The minimum absolute atomic E-state index is 0.155. The molecule has 1 amide bonds. The molecule has 0 aliphatic carbocycles. The standard InChI is InChI=1S/C17H24N2O/c20-17(18-12-15-19-13-6-7-14-19)11-5-4-10-16-8-2-1-3-9-16/h1-4,8-10H,5-7,11-15H2,(H,18,20)/b10-4+. The topological polar surface area (TPSA) is 32.3 Å². The Morgan fingerprint density at radius 1 is 1.20 bits per heavy atom. The molecular formula is C17H24N2O. The van der Waals surface area contributed by atoms with Crippen LogP contribution in [-0.4, -0.2) is 37.0 Å². The predicted molar refractivity (Wildman–Crippen MR) is 83.4 cm³/mol. The summed E-state index contributed by atoms with van der Waals surface area (Å²) in [5.74, 6) is 0.155. The lowest BCUT2D eigenvalue weighted by Crippen LogP contribution is -2.33. The van der Waals surface area contributed by atoms with E-state index in [2.05, 4.69) is 34.5 Å². The van der Waals surface area contributed by atoms with Gasteiger partial charge in [0.25, 0.3) is 0 Å². The average Bonchev–Trinajstić information content (AvgIpc) is 2.98. The third-order valence-corrected chi connectivity index (χ3v) is 3.60. The fourth-order valence-corrected chi connectivity index (χ4v) is 2.45. The molecule has 0 radical (unpaired) electrons. The van der Waals surface area contributed by atoms with Gasteiger partial charge in [0.05, 0.1) is 0 Å². The summed E-state index contributed by atoms with van der Waals surface area (Å²) in [4.78, 5) is 14.1. The first kappa shape index (κ1) is 14.8. The van der Waals surface area contributed by atoms with Crippen LogP contribution in [0.1, 0.15) is 31.2 Å². The highest BCUT2D eigenvalue weighted by molar-refractivity contribution is 5.76. The van der Waals surface area contributed by atoms with Crippen molar-refractivity contribution in [2.24, 2.45) is 0 Å². The van der Waals surface area contributed by atoms with E-state index in [-0.39, 0.29) is 5.91 Å². The Morgan fingerprint density at radius 3 is 2.70 bits per heavy atom. The molecule has 1 aromatic carbocycles. The Morgan fingerprint density at radius 2 is 1.95 bits per heavy atom. The van der Waals surface area contributed by atoms with Gasteiger partial charge in [0.1, 0.15) is 0 Å². The first-order chi connectivity index (χ1) is 9.84. The summed E-state index contributed by atoms with van der Waals surface area (Å²) in [6.45, 7) is 4.15. The Balaban J connectivity index is 1.54. The maximum Gasteiger partial charge on any atom is 0.220 e. The molecule has 1 N–H and O–H groups in total. The van der Waals surface area contributed by atoms with E-state index in [0.717, 1.165) is 19.5 Å².